The zero-order chi connectivity index (χ0) is 20.9. The molecule has 3 aromatic rings. The van der Waals surface area contributed by atoms with Crippen LogP contribution in [0.5, 0.6) is 0 Å². The number of nitrogens with zero attached hydrogens (tertiary/aromatic N) is 4. The molecule has 4 rings (SSSR count). The smallest absolute Gasteiger partial charge is 0.220 e. The van der Waals surface area contributed by atoms with E-state index in [-0.39, 0.29) is 11.9 Å². The summed E-state index contributed by atoms with van der Waals surface area (Å²) in [5.74, 6) is 3.77. The molecule has 1 atom stereocenters. The van der Waals surface area contributed by atoms with E-state index in [2.05, 4.69) is 25.0 Å². The van der Waals surface area contributed by atoms with E-state index in [9.17, 15) is 4.79 Å². The third kappa shape index (κ3) is 4.97. The molecule has 2 aromatic heterocycles. The predicted octanol–water partition coefficient (Wildman–Crippen LogP) is 3.05. The van der Waals surface area contributed by atoms with Gasteiger partial charge in [0.25, 0.3) is 0 Å². The highest BCUT2D eigenvalue weighted by Gasteiger charge is 2.23. The van der Waals surface area contributed by atoms with Gasteiger partial charge in [-0.05, 0) is 38.0 Å². The average Bonchev–Trinajstić information content (AvgIpc) is 3.29. The van der Waals surface area contributed by atoms with E-state index in [1.165, 1.54) is 5.56 Å². The highest BCUT2D eigenvalue weighted by atomic mass is 16.3. The number of fused-ring (bicyclic) bond motifs is 1. The Hall–Kier alpha value is -2.93. The summed E-state index contributed by atoms with van der Waals surface area (Å²) >= 11 is 0. The van der Waals surface area contributed by atoms with Crippen LogP contribution in [0.15, 0.2) is 46.9 Å². The predicted molar refractivity (Wildman–Crippen MR) is 114 cm³/mol. The number of hydrogen-bond acceptors (Lipinski definition) is 5. The van der Waals surface area contributed by atoms with Crippen LogP contribution < -0.4 is 5.32 Å². The Bertz CT molecular complexity index is 979. The SMILES string of the molecule is Cc1ccc(CN2CCc3nnc([C@@H](C)NC(=O)CCc4ccccc4)n3CC2)o1. The van der Waals surface area contributed by atoms with Gasteiger partial charge in [-0.2, -0.15) is 0 Å². The molecule has 7 nitrogen and oxygen atoms in total. The number of carbonyl (C=O) groups is 1. The molecule has 1 aromatic carbocycles. The molecular weight excluding hydrogens is 378 g/mol. The number of benzene rings is 1. The summed E-state index contributed by atoms with van der Waals surface area (Å²) in [7, 11) is 0. The average molecular weight is 408 g/mol. The van der Waals surface area contributed by atoms with Crippen LogP contribution in [0.3, 0.4) is 0 Å². The monoisotopic (exact) mass is 407 g/mol. The lowest BCUT2D eigenvalue weighted by atomic mass is 10.1. The lowest BCUT2D eigenvalue weighted by Crippen LogP contribution is -2.30. The number of aryl methyl sites for hydroxylation is 2. The van der Waals surface area contributed by atoms with Crippen LogP contribution in [0.2, 0.25) is 0 Å². The first-order valence-corrected chi connectivity index (χ1v) is 10.6. The van der Waals surface area contributed by atoms with Crippen molar-refractivity contribution < 1.29 is 9.21 Å². The second-order valence-corrected chi connectivity index (χ2v) is 7.94. The maximum Gasteiger partial charge on any atom is 0.220 e. The van der Waals surface area contributed by atoms with Crippen molar-refractivity contribution in [3.8, 4) is 0 Å². The van der Waals surface area contributed by atoms with Crippen LogP contribution in [0.25, 0.3) is 0 Å². The molecule has 0 saturated carbocycles. The fourth-order valence-corrected chi connectivity index (χ4v) is 3.94. The number of carbonyl (C=O) groups excluding carboxylic acids is 1. The van der Waals surface area contributed by atoms with Crippen LogP contribution in [0.4, 0.5) is 0 Å². The number of rotatable bonds is 7. The van der Waals surface area contributed by atoms with Crippen LogP contribution in [0.1, 0.15) is 48.1 Å². The molecule has 0 saturated heterocycles. The Balaban J connectivity index is 1.33. The molecule has 0 aliphatic carbocycles. The van der Waals surface area contributed by atoms with Crippen molar-refractivity contribution in [2.45, 2.75) is 52.2 Å². The molecule has 30 heavy (non-hydrogen) atoms. The van der Waals surface area contributed by atoms with Crippen molar-refractivity contribution in [2.24, 2.45) is 0 Å². The maximum atomic E-state index is 12.4. The van der Waals surface area contributed by atoms with Gasteiger partial charge in [0.05, 0.1) is 12.6 Å². The van der Waals surface area contributed by atoms with Gasteiger partial charge in [0.1, 0.15) is 17.3 Å². The van der Waals surface area contributed by atoms with E-state index in [1.54, 1.807) is 0 Å². The first-order chi connectivity index (χ1) is 14.6. The highest BCUT2D eigenvalue weighted by molar-refractivity contribution is 5.76. The van der Waals surface area contributed by atoms with Crippen molar-refractivity contribution in [3.63, 3.8) is 0 Å². The molecule has 1 amide bonds. The van der Waals surface area contributed by atoms with Crippen LogP contribution in [-0.4, -0.2) is 38.7 Å². The Morgan fingerprint density at radius 3 is 2.73 bits per heavy atom. The van der Waals surface area contributed by atoms with E-state index >= 15 is 0 Å². The van der Waals surface area contributed by atoms with Crippen LogP contribution in [-0.2, 0) is 30.7 Å². The van der Waals surface area contributed by atoms with Crippen LogP contribution in [0, 0.1) is 6.92 Å². The Kier molecular flexibility index (Phi) is 6.28. The molecule has 0 spiro atoms. The summed E-state index contributed by atoms with van der Waals surface area (Å²) in [4.78, 5) is 14.8. The minimum atomic E-state index is -0.172. The van der Waals surface area contributed by atoms with Gasteiger partial charge in [0.15, 0.2) is 5.82 Å². The molecule has 1 aliphatic rings. The minimum absolute atomic E-state index is 0.0344. The van der Waals surface area contributed by atoms with Gasteiger partial charge < -0.3 is 14.3 Å². The summed E-state index contributed by atoms with van der Waals surface area (Å²) in [6.45, 7) is 7.36. The molecule has 0 bridgehead atoms. The number of furan rings is 1. The Morgan fingerprint density at radius 1 is 1.13 bits per heavy atom. The topological polar surface area (TPSA) is 76.2 Å². The first-order valence-electron chi connectivity index (χ1n) is 10.6. The van der Waals surface area contributed by atoms with Gasteiger partial charge in [0.2, 0.25) is 5.91 Å². The zero-order valence-electron chi connectivity index (χ0n) is 17.7. The second-order valence-electron chi connectivity index (χ2n) is 7.94. The fourth-order valence-electron chi connectivity index (χ4n) is 3.94. The van der Waals surface area contributed by atoms with Gasteiger partial charge in [-0.1, -0.05) is 30.3 Å². The first kappa shape index (κ1) is 20.3. The molecule has 1 N–H and O–H groups in total. The number of hydrogen-bond donors (Lipinski definition) is 1. The summed E-state index contributed by atoms with van der Waals surface area (Å²) < 4.78 is 7.88. The Morgan fingerprint density at radius 2 is 1.97 bits per heavy atom. The molecule has 1 aliphatic heterocycles. The van der Waals surface area contributed by atoms with Gasteiger partial charge in [-0.3, -0.25) is 9.69 Å². The normalized spacial score (nSPS) is 15.4. The van der Waals surface area contributed by atoms with Gasteiger partial charge in [0, 0.05) is 32.5 Å². The van der Waals surface area contributed by atoms with E-state index < -0.39 is 0 Å². The summed E-state index contributed by atoms with van der Waals surface area (Å²) in [6.07, 6.45) is 2.03. The summed E-state index contributed by atoms with van der Waals surface area (Å²) in [5.41, 5.74) is 1.17. The van der Waals surface area contributed by atoms with E-state index in [1.807, 2.05) is 56.3 Å². The summed E-state index contributed by atoms with van der Waals surface area (Å²) in [6, 6.07) is 13.9. The molecular formula is C23H29N5O2. The largest absolute Gasteiger partial charge is 0.465 e. The number of aromatic nitrogens is 3. The number of nitrogens with one attached hydrogen (secondary N) is 1. The van der Waals surface area contributed by atoms with Crippen molar-refractivity contribution in [1.29, 1.82) is 0 Å². The fraction of sp³-hybridized carbons (Fsp3) is 0.435. The third-order valence-corrected chi connectivity index (χ3v) is 5.57. The molecule has 0 fully saturated rings. The van der Waals surface area contributed by atoms with Crippen molar-refractivity contribution in [1.82, 2.24) is 25.0 Å². The standard InChI is InChI=1S/C23H29N5O2/c1-17-8-10-20(30-17)16-27-13-12-21-25-26-23(28(21)15-14-27)18(2)24-22(29)11-9-19-6-4-3-5-7-19/h3-8,10,18H,9,11-16H2,1-2H3,(H,24,29)/t18-/m1/s1. The van der Waals surface area contributed by atoms with E-state index in [0.717, 1.165) is 62.2 Å². The van der Waals surface area contributed by atoms with E-state index in [4.69, 9.17) is 4.42 Å². The highest BCUT2D eigenvalue weighted by Crippen LogP contribution is 2.18. The van der Waals surface area contributed by atoms with Gasteiger partial charge in [-0.25, -0.2) is 0 Å². The minimum Gasteiger partial charge on any atom is -0.465 e. The van der Waals surface area contributed by atoms with Crippen molar-refractivity contribution in [2.75, 3.05) is 13.1 Å². The van der Waals surface area contributed by atoms with Crippen molar-refractivity contribution >= 4 is 5.91 Å². The molecule has 158 valence electrons. The van der Waals surface area contributed by atoms with E-state index in [0.29, 0.717) is 6.42 Å². The van der Waals surface area contributed by atoms with Crippen LogP contribution >= 0.6 is 0 Å². The van der Waals surface area contributed by atoms with Gasteiger partial charge in [-0.15, -0.1) is 10.2 Å². The lowest BCUT2D eigenvalue weighted by molar-refractivity contribution is -0.121. The summed E-state index contributed by atoms with van der Waals surface area (Å²) in [5, 5.41) is 11.9. The lowest BCUT2D eigenvalue weighted by Gasteiger charge is -2.19. The molecule has 0 radical (unpaired) electrons. The van der Waals surface area contributed by atoms with Gasteiger partial charge >= 0.3 is 0 Å². The molecule has 0 unspecified atom stereocenters. The van der Waals surface area contributed by atoms with Crippen molar-refractivity contribution in [3.05, 3.63) is 71.2 Å². The quantitative estimate of drug-likeness (QED) is 0.651. The third-order valence-electron chi connectivity index (χ3n) is 5.57. The zero-order valence-corrected chi connectivity index (χ0v) is 17.7. The maximum absolute atomic E-state index is 12.4. The molecule has 7 heteroatoms. The second kappa shape index (κ2) is 9.26. The number of amides is 1. The molecule has 3 heterocycles. The Labute approximate surface area is 177 Å².